The summed E-state index contributed by atoms with van der Waals surface area (Å²) < 4.78 is 42.9. The molecule has 14 heteroatoms. The molecule has 0 bridgehead atoms. The van der Waals surface area contributed by atoms with Crippen molar-refractivity contribution in [2.24, 2.45) is 0 Å². The number of pyridine rings is 1. The van der Waals surface area contributed by atoms with Crippen molar-refractivity contribution in [1.82, 2.24) is 20.1 Å². The van der Waals surface area contributed by atoms with E-state index in [-0.39, 0.29) is 49.6 Å². The Kier molecular flexibility index (Phi) is 8.64. The molecular weight excluding hydrogens is 643 g/mol. The molecule has 1 aromatic carbocycles. The second-order valence-corrected chi connectivity index (χ2v) is 14.0. The number of anilines is 1. The third-order valence-electron chi connectivity index (χ3n) is 9.30. The summed E-state index contributed by atoms with van der Waals surface area (Å²) in [5.41, 5.74) is 2.23. The fraction of sp³-hybridized carbons (Fsp3) is 0.438. The van der Waals surface area contributed by atoms with Crippen molar-refractivity contribution in [3.05, 3.63) is 74.1 Å². The molecule has 1 saturated carbocycles. The normalized spacial score (nSPS) is 21.9. The number of rotatable bonds is 6. The van der Waals surface area contributed by atoms with Crippen molar-refractivity contribution in [3.63, 3.8) is 0 Å². The van der Waals surface area contributed by atoms with Crippen molar-refractivity contribution in [1.29, 1.82) is 0 Å². The average molecular weight is 676 g/mol. The number of fused-ring (bicyclic) bond motifs is 2. The first-order valence-corrected chi connectivity index (χ1v) is 16.2. The van der Waals surface area contributed by atoms with E-state index in [0.717, 1.165) is 70.3 Å². The Labute approximate surface area is 271 Å². The predicted molar refractivity (Wildman–Crippen MR) is 171 cm³/mol. The molecule has 0 radical (unpaired) electrons. The van der Waals surface area contributed by atoms with Crippen LogP contribution in [0.5, 0.6) is 0 Å². The molecule has 0 spiro atoms. The van der Waals surface area contributed by atoms with E-state index in [1.807, 2.05) is 31.2 Å². The van der Waals surface area contributed by atoms with Gasteiger partial charge in [0, 0.05) is 63.6 Å². The number of hydrogen-bond acceptors (Lipinski definition) is 8. The van der Waals surface area contributed by atoms with E-state index in [1.54, 1.807) is 6.20 Å². The van der Waals surface area contributed by atoms with Gasteiger partial charge in [-0.2, -0.15) is 18.3 Å². The number of aliphatic hydroxyl groups excluding tert-OH is 1. The van der Waals surface area contributed by atoms with Crippen molar-refractivity contribution in [3.8, 4) is 11.1 Å². The van der Waals surface area contributed by atoms with Gasteiger partial charge in [0.2, 0.25) is 0 Å². The molecule has 5 heterocycles. The van der Waals surface area contributed by atoms with Gasteiger partial charge in [0.05, 0.1) is 35.0 Å². The summed E-state index contributed by atoms with van der Waals surface area (Å²) in [4.78, 5) is 29.1. The van der Waals surface area contributed by atoms with Gasteiger partial charge in [-0.05, 0) is 74.4 Å². The van der Waals surface area contributed by atoms with Crippen LogP contribution in [0.15, 0.2) is 47.5 Å². The maximum absolute atomic E-state index is 13.6. The minimum atomic E-state index is -4.40. The fourth-order valence-corrected chi connectivity index (χ4v) is 8.14. The van der Waals surface area contributed by atoms with Crippen LogP contribution in [0.3, 0.4) is 0 Å². The summed E-state index contributed by atoms with van der Waals surface area (Å²) in [6.07, 6.45) is 1.27. The number of aliphatic hydroxyl groups is 1. The zero-order valence-corrected chi connectivity index (χ0v) is 26.6. The second kappa shape index (κ2) is 12.3. The number of alkyl halides is 3. The number of hydrogen-bond donors (Lipinski definition) is 3. The third kappa shape index (κ3) is 5.89. The number of thiophene rings is 1. The largest absolute Gasteiger partial charge is 0.483 e. The molecule has 4 aromatic rings. The van der Waals surface area contributed by atoms with Crippen molar-refractivity contribution in [2.45, 2.75) is 68.7 Å². The second-order valence-electron chi connectivity index (χ2n) is 12.4. The minimum Gasteiger partial charge on any atom is -0.483 e. The standard InChI is InChI=1S/C31H31ClF3N5O2S.CH2O2/c1-29(17-41)13-21(15-37-29)39-8-2-3-18-9-20(32)11-24(27(18)39)23-4-7-36-25-12-22(43-28(23)25)16-40-26(42)10-19(14-38-40)30(5-6-30)31(33,34)35;2-1-3/h4,7,9-12,14,21,37,41H,2-3,5-6,8,13,15-17H2,1H3;1H,(H,2,3)/t21-,29+;/m0./s1. The van der Waals surface area contributed by atoms with Crippen molar-refractivity contribution in [2.75, 3.05) is 24.6 Å². The van der Waals surface area contributed by atoms with E-state index < -0.39 is 17.2 Å². The maximum Gasteiger partial charge on any atom is 0.398 e. The van der Waals surface area contributed by atoms with Gasteiger partial charge < -0.3 is 20.4 Å². The first kappa shape index (κ1) is 32.4. The van der Waals surface area contributed by atoms with E-state index in [4.69, 9.17) is 21.5 Å². The molecule has 2 aliphatic heterocycles. The van der Waals surface area contributed by atoms with Crippen molar-refractivity contribution < 1.29 is 28.2 Å². The number of nitrogens with zero attached hydrogens (tertiary/aromatic N) is 4. The van der Waals surface area contributed by atoms with Crippen LogP contribution in [0.1, 0.15) is 48.6 Å². The van der Waals surface area contributed by atoms with Crippen molar-refractivity contribution >= 4 is 45.3 Å². The van der Waals surface area contributed by atoms with Gasteiger partial charge in [-0.3, -0.25) is 14.6 Å². The zero-order valence-electron chi connectivity index (χ0n) is 25.0. The molecule has 7 rings (SSSR count). The Morgan fingerprint density at radius 2 is 1.98 bits per heavy atom. The molecule has 0 amide bonds. The Balaban J connectivity index is 0.00000119. The first-order valence-electron chi connectivity index (χ1n) is 15.0. The Bertz CT molecular complexity index is 1840. The molecule has 244 valence electrons. The molecule has 3 N–H and O–H groups in total. The summed E-state index contributed by atoms with van der Waals surface area (Å²) >= 11 is 8.17. The SMILES string of the molecule is C[C@]1(CO)C[C@H](N2CCCc3cc(Cl)cc(-c4ccnc5cc(Cn6ncc(C7(C(F)(F)F)CC7)cc6=O)sc45)c32)CN1.O=CO. The first-order chi connectivity index (χ1) is 21.9. The summed E-state index contributed by atoms with van der Waals surface area (Å²) in [5.74, 6) is 0. The lowest BCUT2D eigenvalue weighted by Gasteiger charge is -2.38. The van der Waals surface area contributed by atoms with Crippen LogP contribution >= 0.6 is 22.9 Å². The van der Waals surface area contributed by atoms with Crippen LogP contribution in [0.25, 0.3) is 21.3 Å². The van der Waals surface area contributed by atoms with E-state index >= 15 is 0 Å². The summed E-state index contributed by atoms with van der Waals surface area (Å²) in [6, 6.07) is 9.24. The summed E-state index contributed by atoms with van der Waals surface area (Å²) in [7, 11) is 0. The van der Waals surface area contributed by atoms with Crippen LogP contribution in [-0.4, -0.2) is 68.9 Å². The smallest absolute Gasteiger partial charge is 0.398 e. The maximum atomic E-state index is 13.6. The highest BCUT2D eigenvalue weighted by Crippen LogP contribution is 2.58. The molecule has 1 aliphatic carbocycles. The highest BCUT2D eigenvalue weighted by molar-refractivity contribution is 7.19. The molecule has 46 heavy (non-hydrogen) atoms. The zero-order chi connectivity index (χ0) is 32.9. The number of aromatic nitrogens is 3. The van der Waals surface area contributed by atoms with Crippen LogP contribution < -0.4 is 15.8 Å². The number of benzene rings is 1. The number of carboxylic acid groups (broad SMARTS) is 1. The third-order valence-corrected chi connectivity index (χ3v) is 10.7. The number of carbonyl (C=O) groups is 1. The highest BCUT2D eigenvalue weighted by atomic mass is 35.5. The lowest BCUT2D eigenvalue weighted by atomic mass is 9.91. The molecule has 2 fully saturated rings. The highest BCUT2D eigenvalue weighted by Gasteiger charge is 2.64. The van der Waals surface area contributed by atoms with E-state index in [1.165, 1.54) is 27.8 Å². The van der Waals surface area contributed by atoms with Crippen LogP contribution in [0.4, 0.5) is 18.9 Å². The van der Waals surface area contributed by atoms with Gasteiger partial charge in [-0.25, -0.2) is 4.68 Å². The van der Waals surface area contributed by atoms with Gasteiger partial charge in [0.1, 0.15) is 0 Å². The molecule has 0 unspecified atom stereocenters. The molecule has 1 saturated heterocycles. The molecule has 9 nitrogen and oxygen atoms in total. The van der Waals surface area contributed by atoms with Gasteiger partial charge >= 0.3 is 6.18 Å². The number of nitrogens with one attached hydrogen (secondary N) is 1. The number of aryl methyl sites for hydroxylation is 1. The average Bonchev–Trinajstić information content (AvgIpc) is 3.61. The van der Waals surface area contributed by atoms with Crippen LogP contribution in [0, 0.1) is 0 Å². The monoisotopic (exact) mass is 675 g/mol. The lowest BCUT2D eigenvalue weighted by Crippen LogP contribution is -2.41. The van der Waals surface area contributed by atoms with Crippen LogP contribution in [-0.2, 0) is 23.2 Å². The van der Waals surface area contributed by atoms with E-state index in [9.17, 15) is 23.1 Å². The Morgan fingerprint density at radius 1 is 1.22 bits per heavy atom. The summed E-state index contributed by atoms with van der Waals surface area (Å²) in [5, 5.41) is 25.1. The molecule has 3 aliphatic rings. The molecule has 2 atom stereocenters. The van der Waals surface area contributed by atoms with Gasteiger partial charge in [0.25, 0.3) is 12.0 Å². The van der Waals surface area contributed by atoms with E-state index in [2.05, 4.69) is 20.3 Å². The molecule has 3 aromatic heterocycles. The van der Waals surface area contributed by atoms with Gasteiger partial charge in [-0.1, -0.05) is 11.6 Å². The van der Waals surface area contributed by atoms with Gasteiger partial charge in [-0.15, -0.1) is 11.3 Å². The Morgan fingerprint density at radius 3 is 2.63 bits per heavy atom. The molecular formula is C32H33ClF3N5O4S. The fourth-order valence-electron chi connectivity index (χ4n) is 6.78. The lowest BCUT2D eigenvalue weighted by molar-refractivity contribution is -0.160. The Hall–Kier alpha value is -3.52. The quantitative estimate of drug-likeness (QED) is 0.233. The summed E-state index contributed by atoms with van der Waals surface area (Å²) in [6.45, 7) is 3.68. The van der Waals surface area contributed by atoms with Gasteiger partial charge in [0.15, 0.2) is 0 Å². The predicted octanol–water partition coefficient (Wildman–Crippen LogP) is 5.38. The minimum absolute atomic E-state index is 0.0188. The topological polar surface area (TPSA) is 121 Å². The van der Waals surface area contributed by atoms with Crippen LogP contribution in [0.2, 0.25) is 5.02 Å². The number of halogens is 4. The van der Waals surface area contributed by atoms with E-state index in [0.29, 0.717) is 5.02 Å².